The number of rotatable bonds is 1. The van der Waals surface area contributed by atoms with Gasteiger partial charge in [0.2, 0.25) is 5.91 Å². The van der Waals surface area contributed by atoms with E-state index in [2.05, 4.69) is 10.6 Å². The van der Waals surface area contributed by atoms with E-state index in [0.717, 1.165) is 0 Å². The summed E-state index contributed by atoms with van der Waals surface area (Å²) in [5.74, 6) is -0.278. The number of carbonyl (C=O) groups excluding carboxylic acids is 1. The Labute approximate surface area is 81.9 Å². The molecular formula is C8H16N2O4. The van der Waals surface area contributed by atoms with Gasteiger partial charge in [0, 0.05) is 20.0 Å². The van der Waals surface area contributed by atoms with Crippen molar-refractivity contribution in [1.29, 1.82) is 0 Å². The van der Waals surface area contributed by atoms with E-state index < -0.39 is 24.4 Å². The first-order valence-corrected chi connectivity index (χ1v) is 4.54. The van der Waals surface area contributed by atoms with Gasteiger partial charge >= 0.3 is 0 Å². The summed E-state index contributed by atoms with van der Waals surface area (Å²) in [5, 5.41) is 33.6. The highest BCUT2D eigenvalue weighted by atomic mass is 16.4. The molecule has 0 bridgehead atoms. The van der Waals surface area contributed by atoms with Crippen LogP contribution in [0.5, 0.6) is 0 Å². The first kappa shape index (κ1) is 11.4. The lowest BCUT2D eigenvalue weighted by molar-refractivity contribution is -0.121. The smallest absolute Gasteiger partial charge is 0.217 e. The Morgan fingerprint density at radius 3 is 2.50 bits per heavy atom. The highest BCUT2D eigenvalue weighted by Gasteiger charge is 2.34. The summed E-state index contributed by atoms with van der Waals surface area (Å²) in [5.41, 5.74) is 0. The Morgan fingerprint density at radius 2 is 1.93 bits per heavy atom. The van der Waals surface area contributed by atoms with Crippen LogP contribution in [0.4, 0.5) is 0 Å². The molecule has 1 fully saturated rings. The molecule has 1 aliphatic rings. The molecule has 6 heteroatoms. The predicted octanol–water partition coefficient (Wildman–Crippen LogP) is -2.82. The van der Waals surface area contributed by atoms with Crippen molar-refractivity contribution >= 4 is 5.91 Å². The molecule has 6 nitrogen and oxygen atoms in total. The molecule has 0 aromatic heterocycles. The minimum Gasteiger partial charge on any atom is -0.389 e. The summed E-state index contributed by atoms with van der Waals surface area (Å²) < 4.78 is 0. The highest BCUT2D eigenvalue weighted by molar-refractivity contribution is 5.73. The number of hydrogen-bond donors (Lipinski definition) is 5. The minimum atomic E-state index is -1.23. The summed E-state index contributed by atoms with van der Waals surface area (Å²) in [6.07, 6.45) is -3.39. The van der Waals surface area contributed by atoms with Crippen molar-refractivity contribution in [2.24, 2.45) is 0 Å². The largest absolute Gasteiger partial charge is 0.389 e. The molecule has 0 saturated carbocycles. The van der Waals surface area contributed by atoms with Crippen molar-refractivity contribution in [3.8, 4) is 0 Å². The van der Waals surface area contributed by atoms with Gasteiger partial charge in [-0.25, -0.2) is 0 Å². The molecular weight excluding hydrogens is 188 g/mol. The van der Waals surface area contributed by atoms with E-state index >= 15 is 0 Å². The number of nitrogens with one attached hydrogen (secondary N) is 2. The Kier molecular flexibility index (Phi) is 3.82. The SMILES string of the molecule is CC(=O)N[C@H]1CNC[C@@H](O)[C@H](O)[C@@H]1O. The van der Waals surface area contributed by atoms with Crippen molar-refractivity contribution in [2.45, 2.75) is 31.3 Å². The second-order valence-electron chi connectivity index (χ2n) is 3.51. The molecule has 82 valence electrons. The van der Waals surface area contributed by atoms with Crippen LogP contribution in [0.25, 0.3) is 0 Å². The van der Waals surface area contributed by atoms with E-state index in [4.69, 9.17) is 0 Å². The molecule has 0 aromatic rings. The number of carbonyl (C=O) groups is 1. The van der Waals surface area contributed by atoms with Crippen LogP contribution in [0.15, 0.2) is 0 Å². The van der Waals surface area contributed by atoms with Gasteiger partial charge in [0.25, 0.3) is 0 Å². The highest BCUT2D eigenvalue weighted by Crippen LogP contribution is 2.07. The van der Waals surface area contributed by atoms with Gasteiger partial charge in [-0.3, -0.25) is 4.79 Å². The van der Waals surface area contributed by atoms with E-state index in [-0.39, 0.29) is 12.5 Å². The van der Waals surface area contributed by atoms with Crippen molar-refractivity contribution < 1.29 is 20.1 Å². The zero-order chi connectivity index (χ0) is 10.7. The normalized spacial score (nSPS) is 38.9. The van der Waals surface area contributed by atoms with Gasteiger partial charge in [-0.15, -0.1) is 0 Å². The van der Waals surface area contributed by atoms with Crippen LogP contribution in [0.2, 0.25) is 0 Å². The second kappa shape index (κ2) is 4.70. The van der Waals surface area contributed by atoms with E-state index in [1.165, 1.54) is 6.92 Å². The maximum absolute atomic E-state index is 10.8. The second-order valence-corrected chi connectivity index (χ2v) is 3.51. The molecule has 0 aliphatic carbocycles. The summed E-state index contributed by atoms with van der Waals surface area (Å²) in [7, 11) is 0. The Hall–Kier alpha value is -0.690. The molecule has 0 aromatic carbocycles. The number of aliphatic hydroxyl groups is 3. The third kappa shape index (κ3) is 2.65. The monoisotopic (exact) mass is 204 g/mol. The van der Waals surface area contributed by atoms with Gasteiger partial charge in [0.05, 0.1) is 12.1 Å². The lowest BCUT2D eigenvalue weighted by Gasteiger charge is -2.25. The maximum Gasteiger partial charge on any atom is 0.217 e. The third-order valence-electron chi connectivity index (χ3n) is 2.26. The predicted molar refractivity (Wildman–Crippen MR) is 48.5 cm³/mol. The Balaban J connectivity index is 2.62. The van der Waals surface area contributed by atoms with Crippen LogP contribution in [-0.4, -0.2) is 58.7 Å². The van der Waals surface area contributed by atoms with Crippen molar-refractivity contribution in [1.82, 2.24) is 10.6 Å². The van der Waals surface area contributed by atoms with Crippen LogP contribution >= 0.6 is 0 Å². The number of aliphatic hydroxyl groups excluding tert-OH is 3. The van der Waals surface area contributed by atoms with Crippen molar-refractivity contribution in [2.75, 3.05) is 13.1 Å². The number of amides is 1. The topological polar surface area (TPSA) is 102 Å². The fraction of sp³-hybridized carbons (Fsp3) is 0.875. The first-order chi connectivity index (χ1) is 6.52. The van der Waals surface area contributed by atoms with Crippen molar-refractivity contribution in [3.05, 3.63) is 0 Å². The summed E-state index contributed by atoms with van der Waals surface area (Å²) in [4.78, 5) is 10.8. The van der Waals surface area contributed by atoms with Crippen LogP contribution in [-0.2, 0) is 4.79 Å². The molecule has 1 aliphatic heterocycles. The van der Waals surface area contributed by atoms with E-state index in [1.54, 1.807) is 0 Å². The molecule has 1 heterocycles. The van der Waals surface area contributed by atoms with Gasteiger partial charge in [-0.1, -0.05) is 0 Å². The lowest BCUT2D eigenvalue weighted by Crippen LogP contribution is -2.51. The van der Waals surface area contributed by atoms with Gasteiger partial charge in [-0.2, -0.15) is 0 Å². The molecule has 4 atom stereocenters. The Morgan fingerprint density at radius 1 is 1.29 bits per heavy atom. The zero-order valence-electron chi connectivity index (χ0n) is 7.97. The van der Waals surface area contributed by atoms with Gasteiger partial charge < -0.3 is 26.0 Å². The Bertz CT molecular complexity index is 212. The summed E-state index contributed by atoms with van der Waals surface area (Å²) in [6, 6.07) is -0.570. The molecule has 1 amide bonds. The van der Waals surface area contributed by atoms with Gasteiger partial charge in [0.15, 0.2) is 0 Å². The molecule has 0 radical (unpaired) electrons. The summed E-state index contributed by atoms with van der Waals surface area (Å²) in [6.45, 7) is 1.86. The molecule has 1 rings (SSSR count). The van der Waals surface area contributed by atoms with Crippen LogP contribution in [0.3, 0.4) is 0 Å². The van der Waals surface area contributed by atoms with Crippen LogP contribution in [0.1, 0.15) is 6.92 Å². The quantitative estimate of drug-likeness (QED) is 0.317. The maximum atomic E-state index is 10.8. The lowest BCUT2D eigenvalue weighted by atomic mass is 10.0. The number of hydrogen-bond acceptors (Lipinski definition) is 5. The third-order valence-corrected chi connectivity index (χ3v) is 2.26. The average Bonchev–Trinajstić information content (AvgIpc) is 2.21. The van der Waals surface area contributed by atoms with Gasteiger partial charge in [0.1, 0.15) is 12.2 Å². The van der Waals surface area contributed by atoms with Gasteiger partial charge in [-0.05, 0) is 0 Å². The average molecular weight is 204 g/mol. The fourth-order valence-electron chi connectivity index (χ4n) is 1.49. The molecule has 1 saturated heterocycles. The van der Waals surface area contributed by atoms with E-state index in [0.29, 0.717) is 6.54 Å². The number of β-amino-alcohol motifs (C(OH)–C–C–N with tert-alkyl or cyclic N) is 1. The van der Waals surface area contributed by atoms with Crippen LogP contribution in [0, 0.1) is 0 Å². The van der Waals surface area contributed by atoms with Crippen LogP contribution < -0.4 is 10.6 Å². The molecule has 0 unspecified atom stereocenters. The molecule has 5 N–H and O–H groups in total. The van der Waals surface area contributed by atoms with E-state index in [9.17, 15) is 20.1 Å². The van der Waals surface area contributed by atoms with Crippen molar-refractivity contribution in [3.63, 3.8) is 0 Å². The molecule has 0 spiro atoms. The molecule has 14 heavy (non-hydrogen) atoms. The summed E-state index contributed by atoms with van der Waals surface area (Å²) >= 11 is 0. The standard InChI is InChI=1S/C8H16N2O4/c1-4(11)10-5-2-9-3-6(12)8(14)7(5)13/h5-9,12-14H,2-3H2,1H3,(H,10,11)/t5-,6+,7+,8-/m0/s1. The van der Waals surface area contributed by atoms with E-state index in [1.807, 2.05) is 0 Å². The first-order valence-electron chi connectivity index (χ1n) is 4.54. The fourth-order valence-corrected chi connectivity index (χ4v) is 1.49. The minimum absolute atomic E-state index is 0.203. The zero-order valence-corrected chi connectivity index (χ0v) is 7.97.